The number of nitro benzene ring substituents is 1. The Kier molecular flexibility index (Phi) is 7.08. The molecule has 0 atom stereocenters. The van der Waals surface area contributed by atoms with Crippen LogP contribution < -0.4 is 10.2 Å². The third kappa shape index (κ3) is 5.29. The van der Waals surface area contributed by atoms with Crippen LogP contribution in [0.2, 0.25) is 0 Å². The zero-order valence-corrected chi connectivity index (χ0v) is 16.1. The van der Waals surface area contributed by atoms with Crippen molar-refractivity contribution in [2.24, 2.45) is 0 Å². The molecule has 0 aliphatic heterocycles. The van der Waals surface area contributed by atoms with E-state index >= 15 is 0 Å². The molecule has 0 aromatic heterocycles. The first-order valence-corrected chi connectivity index (χ1v) is 8.92. The first-order chi connectivity index (χ1) is 13.3. The van der Waals surface area contributed by atoms with Crippen LogP contribution in [0.4, 0.5) is 17.1 Å². The van der Waals surface area contributed by atoms with E-state index in [0.29, 0.717) is 16.8 Å². The first-order valence-electron chi connectivity index (χ1n) is 8.92. The smallest absolute Gasteiger partial charge is 0.338 e. The second-order valence-electron chi connectivity index (χ2n) is 6.10. The lowest BCUT2D eigenvalue weighted by atomic mass is 10.2. The van der Waals surface area contributed by atoms with Crippen LogP contribution in [-0.4, -0.2) is 36.5 Å². The van der Waals surface area contributed by atoms with Gasteiger partial charge in [0, 0.05) is 30.9 Å². The molecule has 8 heteroatoms. The van der Waals surface area contributed by atoms with Crippen molar-refractivity contribution in [1.82, 2.24) is 0 Å². The molecule has 0 aliphatic rings. The summed E-state index contributed by atoms with van der Waals surface area (Å²) in [5.41, 5.74) is 2.18. The van der Waals surface area contributed by atoms with Crippen molar-refractivity contribution in [3.8, 4) is 0 Å². The Morgan fingerprint density at radius 2 is 1.75 bits per heavy atom. The lowest BCUT2D eigenvalue weighted by Gasteiger charge is -2.20. The van der Waals surface area contributed by atoms with Crippen molar-refractivity contribution in [3.63, 3.8) is 0 Å². The molecule has 0 unspecified atom stereocenters. The molecule has 28 heavy (non-hydrogen) atoms. The van der Waals surface area contributed by atoms with Gasteiger partial charge >= 0.3 is 5.97 Å². The molecule has 0 radical (unpaired) electrons. The van der Waals surface area contributed by atoms with Crippen LogP contribution in [0.25, 0.3) is 0 Å². The number of anilines is 2. The highest BCUT2D eigenvalue weighted by Crippen LogP contribution is 2.22. The van der Waals surface area contributed by atoms with Gasteiger partial charge in [-0.05, 0) is 50.6 Å². The van der Waals surface area contributed by atoms with Gasteiger partial charge in [0.1, 0.15) is 0 Å². The fourth-order valence-electron chi connectivity index (χ4n) is 2.66. The van der Waals surface area contributed by atoms with Crippen molar-refractivity contribution in [2.75, 3.05) is 29.9 Å². The van der Waals surface area contributed by atoms with E-state index in [1.54, 1.807) is 19.1 Å². The monoisotopic (exact) mass is 385 g/mol. The number of carbonyl (C=O) groups excluding carboxylic acids is 2. The number of ether oxygens (including phenoxy) is 1. The maximum Gasteiger partial charge on any atom is 0.338 e. The van der Waals surface area contributed by atoms with Crippen molar-refractivity contribution in [1.29, 1.82) is 0 Å². The minimum Gasteiger partial charge on any atom is -0.452 e. The Balaban J connectivity index is 1.95. The number of non-ortho nitro benzene ring substituents is 1. The van der Waals surface area contributed by atoms with Crippen LogP contribution in [0.3, 0.4) is 0 Å². The molecule has 0 fully saturated rings. The molecule has 0 aliphatic carbocycles. The minimum absolute atomic E-state index is 0.133. The molecular formula is C20H23N3O5. The maximum absolute atomic E-state index is 12.1. The van der Waals surface area contributed by atoms with Gasteiger partial charge in [-0.1, -0.05) is 6.07 Å². The van der Waals surface area contributed by atoms with E-state index in [0.717, 1.165) is 18.8 Å². The lowest BCUT2D eigenvalue weighted by molar-refractivity contribution is -0.384. The van der Waals surface area contributed by atoms with Crippen LogP contribution in [0, 0.1) is 17.0 Å². The number of amides is 1. The number of rotatable bonds is 8. The number of nitrogens with one attached hydrogen (secondary N) is 1. The average Bonchev–Trinajstić information content (AvgIpc) is 2.69. The summed E-state index contributed by atoms with van der Waals surface area (Å²) in [5.74, 6) is -1.19. The Labute approximate surface area is 163 Å². The zero-order chi connectivity index (χ0) is 20.7. The summed E-state index contributed by atoms with van der Waals surface area (Å²) in [6.07, 6.45) is 0. The lowest BCUT2D eigenvalue weighted by Crippen LogP contribution is -2.22. The van der Waals surface area contributed by atoms with E-state index in [-0.39, 0.29) is 5.69 Å². The number of carbonyl (C=O) groups is 2. The standard InChI is InChI=1S/C20H23N3O5/c1-4-22(5-2)16-10-7-15(8-11-16)20(25)28-13-19(24)21-18-12-17(23(26)27)9-6-14(18)3/h6-12H,4-5,13H2,1-3H3,(H,21,24). The number of hydrogen-bond acceptors (Lipinski definition) is 6. The number of nitro groups is 1. The minimum atomic E-state index is -0.614. The predicted molar refractivity (Wildman–Crippen MR) is 107 cm³/mol. The van der Waals surface area contributed by atoms with Crippen molar-refractivity contribution < 1.29 is 19.2 Å². The van der Waals surface area contributed by atoms with Crippen LogP contribution in [0.5, 0.6) is 0 Å². The highest BCUT2D eigenvalue weighted by molar-refractivity contribution is 5.96. The van der Waals surface area contributed by atoms with Crippen LogP contribution in [0.1, 0.15) is 29.8 Å². The summed E-state index contributed by atoms with van der Waals surface area (Å²) in [4.78, 5) is 36.6. The molecule has 8 nitrogen and oxygen atoms in total. The summed E-state index contributed by atoms with van der Waals surface area (Å²) in [7, 11) is 0. The van der Waals surface area contributed by atoms with E-state index in [4.69, 9.17) is 4.74 Å². The highest BCUT2D eigenvalue weighted by atomic mass is 16.6. The van der Waals surface area contributed by atoms with Crippen LogP contribution in [0.15, 0.2) is 42.5 Å². The van der Waals surface area contributed by atoms with Crippen molar-refractivity contribution in [2.45, 2.75) is 20.8 Å². The summed E-state index contributed by atoms with van der Waals surface area (Å²) in [6.45, 7) is 7.04. The summed E-state index contributed by atoms with van der Waals surface area (Å²) >= 11 is 0. The third-order valence-corrected chi connectivity index (χ3v) is 4.27. The molecule has 2 rings (SSSR count). The molecule has 1 amide bonds. The van der Waals surface area contributed by atoms with Gasteiger partial charge in [0.15, 0.2) is 6.61 Å². The van der Waals surface area contributed by atoms with Crippen LogP contribution >= 0.6 is 0 Å². The normalized spacial score (nSPS) is 10.2. The summed E-state index contributed by atoms with van der Waals surface area (Å²) < 4.78 is 5.03. The van der Waals surface area contributed by atoms with Crippen LogP contribution in [-0.2, 0) is 9.53 Å². The van der Waals surface area contributed by atoms with Crippen molar-refractivity contribution in [3.05, 3.63) is 63.7 Å². The largest absolute Gasteiger partial charge is 0.452 e. The number of benzene rings is 2. The van der Waals surface area contributed by atoms with E-state index in [2.05, 4.69) is 10.2 Å². The Hall–Kier alpha value is -3.42. The van der Waals surface area contributed by atoms with Crippen molar-refractivity contribution >= 4 is 28.9 Å². The molecule has 148 valence electrons. The second kappa shape index (κ2) is 9.50. The number of esters is 1. The third-order valence-electron chi connectivity index (χ3n) is 4.27. The quantitative estimate of drug-likeness (QED) is 0.424. The topological polar surface area (TPSA) is 102 Å². The van der Waals surface area contributed by atoms with E-state index in [9.17, 15) is 19.7 Å². The highest BCUT2D eigenvalue weighted by Gasteiger charge is 2.14. The van der Waals surface area contributed by atoms with Gasteiger partial charge < -0.3 is 15.0 Å². The van der Waals surface area contributed by atoms with Gasteiger partial charge in [-0.25, -0.2) is 4.79 Å². The van der Waals surface area contributed by atoms with Gasteiger partial charge in [0.25, 0.3) is 11.6 Å². The molecule has 1 N–H and O–H groups in total. The molecule has 0 spiro atoms. The molecule has 0 saturated carbocycles. The Morgan fingerprint density at radius 3 is 2.32 bits per heavy atom. The number of aryl methyl sites for hydroxylation is 1. The fourth-order valence-corrected chi connectivity index (χ4v) is 2.66. The first kappa shape index (κ1) is 20.9. The average molecular weight is 385 g/mol. The number of nitrogens with zero attached hydrogens (tertiary/aromatic N) is 2. The molecule has 0 saturated heterocycles. The summed E-state index contributed by atoms with van der Waals surface area (Å²) in [5, 5.41) is 13.4. The summed E-state index contributed by atoms with van der Waals surface area (Å²) in [6, 6.07) is 11.1. The molecular weight excluding hydrogens is 362 g/mol. The molecule has 2 aromatic rings. The van der Waals surface area contributed by atoms with Gasteiger partial charge in [0.05, 0.1) is 16.2 Å². The molecule has 2 aromatic carbocycles. The van der Waals surface area contributed by atoms with Gasteiger partial charge in [-0.3, -0.25) is 14.9 Å². The maximum atomic E-state index is 12.1. The zero-order valence-electron chi connectivity index (χ0n) is 16.1. The van der Waals surface area contributed by atoms with E-state index in [1.165, 1.54) is 18.2 Å². The Bertz CT molecular complexity index is 861. The second-order valence-corrected chi connectivity index (χ2v) is 6.10. The molecule has 0 bridgehead atoms. The van der Waals surface area contributed by atoms with Gasteiger partial charge in [0.2, 0.25) is 0 Å². The molecule has 0 heterocycles. The van der Waals surface area contributed by atoms with E-state index in [1.807, 2.05) is 26.0 Å². The van der Waals surface area contributed by atoms with Gasteiger partial charge in [-0.15, -0.1) is 0 Å². The van der Waals surface area contributed by atoms with E-state index < -0.39 is 23.4 Å². The fraction of sp³-hybridized carbons (Fsp3) is 0.300. The number of hydrogen-bond donors (Lipinski definition) is 1. The Morgan fingerprint density at radius 1 is 1.11 bits per heavy atom. The predicted octanol–water partition coefficient (Wildman–Crippen LogP) is 3.54. The SMILES string of the molecule is CCN(CC)c1ccc(C(=O)OCC(=O)Nc2cc([N+](=O)[O-])ccc2C)cc1. The van der Waals surface area contributed by atoms with Gasteiger partial charge in [-0.2, -0.15) is 0 Å².